The number of carbonyl (C=O) groups excluding carboxylic acids is 1. The molecule has 0 radical (unpaired) electrons. The number of rotatable bonds is 4. The van der Waals surface area contributed by atoms with Crippen molar-refractivity contribution in [1.82, 2.24) is 0 Å². The number of hydrogen-bond acceptors (Lipinski definition) is 4. The summed E-state index contributed by atoms with van der Waals surface area (Å²) in [6.45, 7) is 0.775. The van der Waals surface area contributed by atoms with Crippen LogP contribution in [0, 0.1) is 0 Å². The normalized spacial score (nSPS) is 13.2. The molecular formula is C14H12O3S. The molecule has 0 unspecified atom stereocenters. The summed E-state index contributed by atoms with van der Waals surface area (Å²) < 4.78 is 10.9. The molecule has 0 spiro atoms. The fraction of sp³-hybridized carbons (Fsp3) is 0.214. The Hall–Kier alpha value is -1.81. The maximum atomic E-state index is 11.4. The molecule has 1 aliphatic heterocycles. The third-order valence-electron chi connectivity index (χ3n) is 2.85. The van der Waals surface area contributed by atoms with Crippen molar-refractivity contribution in [3.05, 3.63) is 46.2 Å². The van der Waals surface area contributed by atoms with E-state index in [1.54, 1.807) is 23.5 Å². The van der Waals surface area contributed by atoms with Crippen molar-refractivity contribution in [1.29, 1.82) is 0 Å². The van der Waals surface area contributed by atoms with E-state index in [0.717, 1.165) is 12.2 Å². The summed E-state index contributed by atoms with van der Waals surface area (Å²) in [6, 6.07) is 7.47. The largest absolute Gasteiger partial charge is 0.493 e. The fourth-order valence-corrected chi connectivity index (χ4v) is 2.59. The second-order valence-corrected chi connectivity index (χ2v) is 4.88. The molecule has 4 heteroatoms. The molecule has 0 saturated heterocycles. The molecule has 1 aromatic heterocycles. The van der Waals surface area contributed by atoms with Crippen LogP contribution < -0.4 is 9.47 Å². The Morgan fingerprint density at radius 2 is 2.28 bits per heavy atom. The number of ketones is 1. The smallest absolute Gasteiger partial charge is 0.203 e. The van der Waals surface area contributed by atoms with Crippen molar-refractivity contribution in [2.75, 3.05) is 13.2 Å². The number of thiophene rings is 1. The molecule has 3 nitrogen and oxygen atoms in total. The van der Waals surface area contributed by atoms with Crippen LogP contribution in [0.3, 0.4) is 0 Å². The Kier molecular flexibility index (Phi) is 3.02. The summed E-state index contributed by atoms with van der Waals surface area (Å²) in [5.41, 5.74) is 1.94. The lowest BCUT2D eigenvalue weighted by atomic mass is 10.1. The highest BCUT2D eigenvalue weighted by atomic mass is 32.1. The van der Waals surface area contributed by atoms with E-state index < -0.39 is 0 Å². The number of benzene rings is 1. The third kappa shape index (κ3) is 2.24. The van der Waals surface area contributed by atoms with Gasteiger partial charge in [0, 0.05) is 12.5 Å². The average Bonchev–Trinajstić information content (AvgIpc) is 3.00. The molecule has 92 valence electrons. The Morgan fingerprint density at radius 3 is 3.11 bits per heavy atom. The lowest BCUT2D eigenvalue weighted by molar-refractivity contribution is 0.0961. The number of fused-ring (bicyclic) bond motifs is 1. The van der Waals surface area contributed by atoms with Gasteiger partial charge in [0.15, 0.2) is 6.61 Å². The minimum atomic E-state index is 0.0369. The zero-order valence-corrected chi connectivity index (χ0v) is 10.5. The van der Waals surface area contributed by atoms with Gasteiger partial charge < -0.3 is 9.47 Å². The Morgan fingerprint density at radius 1 is 1.33 bits per heavy atom. The molecular weight excluding hydrogens is 248 g/mol. The van der Waals surface area contributed by atoms with E-state index >= 15 is 0 Å². The number of carbonyl (C=O) groups is 1. The van der Waals surface area contributed by atoms with Crippen LogP contribution in [0.15, 0.2) is 35.0 Å². The monoisotopic (exact) mass is 260 g/mol. The molecule has 1 aliphatic rings. The third-order valence-corrected chi connectivity index (χ3v) is 3.58. The van der Waals surface area contributed by atoms with Crippen molar-refractivity contribution >= 4 is 17.1 Å². The van der Waals surface area contributed by atoms with Crippen molar-refractivity contribution < 1.29 is 14.3 Å². The van der Waals surface area contributed by atoms with Gasteiger partial charge in [-0.05, 0) is 34.5 Å². The topological polar surface area (TPSA) is 35.5 Å². The van der Waals surface area contributed by atoms with E-state index in [-0.39, 0.29) is 12.4 Å². The molecule has 18 heavy (non-hydrogen) atoms. The first kappa shape index (κ1) is 11.3. The van der Waals surface area contributed by atoms with Crippen LogP contribution in [-0.4, -0.2) is 19.0 Å². The van der Waals surface area contributed by atoms with Crippen LogP contribution in [0.2, 0.25) is 0 Å². The van der Waals surface area contributed by atoms with Crippen molar-refractivity contribution in [2.45, 2.75) is 6.42 Å². The summed E-state index contributed by atoms with van der Waals surface area (Å²) in [7, 11) is 0. The number of hydrogen-bond donors (Lipinski definition) is 0. The molecule has 3 rings (SSSR count). The highest BCUT2D eigenvalue weighted by molar-refractivity contribution is 7.07. The van der Waals surface area contributed by atoms with Crippen molar-refractivity contribution in [3.63, 3.8) is 0 Å². The molecule has 0 amide bonds. The standard InChI is InChI=1S/C14H12O3S/c15-13-8-17-14-7-11(1-2-12(13)14)16-5-3-10-4-6-18-9-10/h1-2,4,6-7,9H,3,5,8H2. The zero-order valence-electron chi connectivity index (χ0n) is 9.72. The lowest BCUT2D eigenvalue weighted by Crippen LogP contribution is -2.00. The number of ether oxygens (including phenoxy) is 2. The molecule has 0 N–H and O–H groups in total. The van der Waals surface area contributed by atoms with E-state index in [1.165, 1.54) is 5.56 Å². The van der Waals surface area contributed by atoms with Crippen LogP contribution in [0.4, 0.5) is 0 Å². The van der Waals surface area contributed by atoms with Gasteiger partial charge in [0.1, 0.15) is 11.5 Å². The molecule has 0 aliphatic carbocycles. The molecule has 1 aromatic carbocycles. The van der Waals surface area contributed by atoms with Gasteiger partial charge in [-0.15, -0.1) is 0 Å². The second kappa shape index (κ2) is 4.82. The summed E-state index contributed by atoms with van der Waals surface area (Å²) in [5.74, 6) is 1.42. The summed E-state index contributed by atoms with van der Waals surface area (Å²) in [6.07, 6.45) is 0.889. The van der Waals surface area contributed by atoms with Gasteiger partial charge in [0.05, 0.1) is 12.2 Å². The predicted molar refractivity (Wildman–Crippen MR) is 69.8 cm³/mol. The second-order valence-electron chi connectivity index (χ2n) is 4.10. The van der Waals surface area contributed by atoms with E-state index in [0.29, 0.717) is 17.9 Å². The van der Waals surface area contributed by atoms with Crippen LogP contribution in [0.25, 0.3) is 0 Å². The first-order chi connectivity index (χ1) is 8.83. The highest BCUT2D eigenvalue weighted by Gasteiger charge is 2.21. The van der Waals surface area contributed by atoms with Gasteiger partial charge in [-0.3, -0.25) is 4.79 Å². The van der Waals surface area contributed by atoms with E-state index in [1.807, 2.05) is 6.07 Å². The lowest BCUT2D eigenvalue weighted by Gasteiger charge is -2.06. The Labute approximate surface area is 109 Å². The average molecular weight is 260 g/mol. The van der Waals surface area contributed by atoms with Gasteiger partial charge in [0.25, 0.3) is 0 Å². The SMILES string of the molecule is O=C1COc2cc(OCCc3ccsc3)ccc21. The quantitative estimate of drug-likeness (QED) is 0.848. The summed E-state index contributed by atoms with van der Waals surface area (Å²) in [4.78, 5) is 11.4. The summed E-state index contributed by atoms with van der Waals surface area (Å²) >= 11 is 1.69. The van der Waals surface area contributed by atoms with Gasteiger partial charge in [-0.1, -0.05) is 0 Å². The van der Waals surface area contributed by atoms with Crippen LogP contribution in [0.1, 0.15) is 15.9 Å². The van der Waals surface area contributed by atoms with Crippen LogP contribution in [-0.2, 0) is 6.42 Å². The van der Waals surface area contributed by atoms with Gasteiger partial charge in [-0.25, -0.2) is 0 Å². The first-order valence-electron chi connectivity index (χ1n) is 5.77. The van der Waals surface area contributed by atoms with Gasteiger partial charge in [0.2, 0.25) is 5.78 Å². The molecule has 2 heterocycles. The van der Waals surface area contributed by atoms with Crippen LogP contribution >= 0.6 is 11.3 Å². The Balaban J connectivity index is 1.62. The van der Waals surface area contributed by atoms with E-state index in [4.69, 9.17) is 9.47 Å². The van der Waals surface area contributed by atoms with Crippen molar-refractivity contribution in [2.24, 2.45) is 0 Å². The van der Waals surface area contributed by atoms with E-state index in [2.05, 4.69) is 16.8 Å². The predicted octanol–water partition coefficient (Wildman–Crippen LogP) is 2.94. The van der Waals surface area contributed by atoms with Gasteiger partial charge >= 0.3 is 0 Å². The maximum absolute atomic E-state index is 11.4. The van der Waals surface area contributed by atoms with Crippen molar-refractivity contribution in [3.8, 4) is 11.5 Å². The van der Waals surface area contributed by atoms with Crippen LogP contribution in [0.5, 0.6) is 11.5 Å². The minimum absolute atomic E-state index is 0.0369. The molecule has 0 bridgehead atoms. The zero-order chi connectivity index (χ0) is 12.4. The molecule has 0 atom stereocenters. The molecule has 0 saturated carbocycles. The first-order valence-corrected chi connectivity index (χ1v) is 6.71. The highest BCUT2D eigenvalue weighted by Crippen LogP contribution is 2.29. The fourth-order valence-electron chi connectivity index (χ4n) is 1.88. The molecule has 0 fully saturated rings. The maximum Gasteiger partial charge on any atom is 0.203 e. The Bertz CT molecular complexity index is 560. The minimum Gasteiger partial charge on any atom is -0.493 e. The van der Waals surface area contributed by atoms with E-state index in [9.17, 15) is 4.79 Å². The molecule has 2 aromatic rings. The summed E-state index contributed by atoms with van der Waals surface area (Å²) in [5, 5.41) is 4.18. The number of Topliss-reactive ketones (excluding diaryl/α,β-unsaturated/α-hetero) is 1. The van der Waals surface area contributed by atoms with Gasteiger partial charge in [-0.2, -0.15) is 11.3 Å².